The third kappa shape index (κ3) is 3.56. The highest BCUT2D eigenvalue weighted by Crippen LogP contribution is 2.06. The summed E-state index contributed by atoms with van der Waals surface area (Å²) in [6.07, 6.45) is 6.53. The molecule has 0 aromatic carbocycles. The van der Waals surface area contributed by atoms with E-state index < -0.39 is 0 Å². The fourth-order valence-corrected chi connectivity index (χ4v) is 2.18. The minimum atomic E-state index is 0.189. The SMILES string of the molecule is CN(CC1CCCN1)C(=O)CCn1cccn1. The number of nitrogens with one attached hydrogen (secondary N) is 1. The summed E-state index contributed by atoms with van der Waals surface area (Å²) in [6.45, 7) is 2.56. The van der Waals surface area contributed by atoms with E-state index in [4.69, 9.17) is 0 Å². The van der Waals surface area contributed by atoms with Crippen molar-refractivity contribution in [2.75, 3.05) is 20.1 Å². The molecule has 1 aliphatic heterocycles. The van der Waals surface area contributed by atoms with Crippen molar-refractivity contribution in [3.05, 3.63) is 18.5 Å². The van der Waals surface area contributed by atoms with Crippen molar-refractivity contribution in [2.24, 2.45) is 0 Å². The van der Waals surface area contributed by atoms with E-state index in [2.05, 4.69) is 10.4 Å². The number of rotatable bonds is 5. The van der Waals surface area contributed by atoms with Gasteiger partial charge < -0.3 is 10.2 Å². The van der Waals surface area contributed by atoms with Crippen LogP contribution in [-0.4, -0.2) is 46.8 Å². The molecule has 1 unspecified atom stereocenters. The smallest absolute Gasteiger partial charge is 0.224 e. The Kier molecular flexibility index (Phi) is 4.14. The van der Waals surface area contributed by atoms with Crippen LogP contribution in [-0.2, 0) is 11.3 Å². The van der Waals surface area contributed by atoms with Crippen molar-refractivity contribution in [3.63, 3.8) is 0 Å². The molecule has 94 valence electrons. The molecule has 5 nitrogen and oxygen atoms in total. The Hall–Kier alpha value is -1.36. The van der Waals surface area contributed by atoms with Gasteiger partial charge in [0.25, 0.3) is 0 Å². The Morgan fingerprint density at radius 1 is 1.65 bits per heavy atom. The number of likely N-dealkylation sites (N-methyl/N-ethyl adjacent to an activating group) is 1. The number of hydrogen-bond acceptors (Lipinski definition) is 3. The average molecular weight is 236 g/mol. The molecule has 1 atom stereocenters. The molecule has 1 N–H and O–H groups in total. The summed E-state index contributed by atoms with van der Waals surface area (Å²) < 4.78 is 1.79. The first kappa shape index (κ1) is 12.1. The van der Waals surface area contributed by atoms with Crippen molar-refractivity contribution >= 4 is 5.91 Å². The molecule has 1 fully saturated rings. The Morgan fingerprint density at radius 2 is 2.53 bits per heavy atom. The first-order valence-electron chi connectivity index (χ1n) is 6.20. The van der Waals surface area contributed by atoms with Gasteiger partial charge in [-0.2, -0.15) is 5.10 Å². The second-order valence-electron chi connectivity index (χ2n) is 4.59. The molecule has 0 radical (unpaired) electrons. The maximum Gasteiger partial charge on any atom is 0.224 e. The Morgan fingerprint density at radius 3 is 3.18 bits per heavy atom. The van der Waals surface area contributed by atoms with Gasteiger partial charge in [0.1, 0.15) is 0 Å². The van der Waals surface area contributed by atoms with Gasteiger partial charge in [0.05, 0.1) is 0 Å². The number of aromatic nitrogens is 2. The average Bonchev–Trinajstić information content (AvgIpc) is 2.98. The van der Waals surface area contributed by atoms with Gasteiger partial charge in [-0.1, -0.05) is 0 Å². The zero-order valence-corrected chi connectivity index (χ0v) is 10.3. The van der Waals surface area contributed by atoms with Crippen LogP contribution in [0.1, 0.15) is 19.3 Å². The van der Waals surface area contributed by atoms with Crippen molar-refractivity contribution in [1.29, 1.82) is 0 Å². The third-order valence-corrected chi connectivity index (χ3v) is 3.20. The van der Waals surface area contributed by atoms with Crippen LogP contribution in [0, 0.1) is 0 Å². The highest BCUT2D eigenvalue weighted by atomic mass is 16.2. The molecule has 5 heteroatoms. The number of carbonyl (C=O) groups excluding carboxylic acids is 1. The topological polar surface area (TPSA) is 50.2 Å². The van der Waals surface area contributed by atoms with E-state index >= 15 is 0 Å². The van der Waals surface area contributed by atoms with Gasteiger partial charge in [-0.3, -0.25) is 9.48 Å². The van der Waals surface area contributed by atoms with Gasteiger partial charge in [0.15, 0.2) is 0 Å². The van der Waals surface area contributed by atoms with Crippen LogP contribution in [0.5, 0.6) is 0 Å². The molecule has 1 amide bonds. The van der Waals surface area contributed by atoms with Crippen LogP contribution in [0.15, 0.2) is 18.5 Å². The summed E-state index contributed by atoms with van der Waals surface area (Å²) in [5, 5.41) is 7.48. The predicted octanol–water partition coefficient (Wildman–Crippen LogP) is 0.484. The zero-order chi connectivity index (χ0) is 12.1. The molecule has 0 aliphatic carbocycles. The fraction of sp³-hybridized carbons (Fsp3) is 0.667. The first-order valence-corrected chi connectivity index (χ1v) is 6.20. The molecule has 1 saturated heterocycles. The van der Waals surface area contributed by atoms with Crippen LogP contribution in [0.25, 0.3) is 0 Å². The highest BCUT2D eigenvalue weighted by Gasteiger charge is 2.18. The molecule has 2 heterocycles. The quantitative estimate of drug-likeness (QED) is 0.809. The van der Waals surface area contributed by atoms with E-state index in [1.807, 2.05) is 24.2 Å². The molecule has 0 bridgehead atoms. The molecule has 0 spiro atoms. The lowest BCUT2D eigenvalue weighted by Gasteiger charge is -2.21. The predicted molar refractivity (Wildman–Crippen MR) is 65.5 cm³/mol. The molecule has 1 aromatic heterocycles. The van der Waals surface area contributed by atoms with Crippen molar-refractivity contribution in [2.45, 2.75) is 31.8 Å². The zero-order valence-electron chi connectivity index (χ0n) is 10.3. The largest absolute Gasteiger partial charge is 0.344 e. The van der Waals surface area contributed by atoms with Crippen LogP contribution in [0.3, 0.4) is 0 Å². The van der Waals surface area contributed by atoms with Crippen molar-refractivity contribution in [3.8, 4) is 0 Å². The summed E-state index contributed by atoms with van der Waals surface area (Å²) in [4.78, 5) is 13.7. The van der Waals surface area contributed by atoms with Crippen molar-refractivity contribution in [1.82, 2.24) is 20.0 Å². The summed E-state index contributed by atoms with van der Waals surface area (Å²) >= 11 is 0. The molecule has 1 aromatic rings. The summed E-state index contributed by atoms with van der Waals surface area (Å²) in [6, 6.07) is 2.35. The van der Waals surface area contributed by atoms with Gasteiger partial charge in [-0.25, -0.2) is 0 Å². The Labute approximate surface area is 102 Å². The Balaban J connectivity index is 1.71. The van der Waals surface area contributed by atoms with E-state index in [1.165, 1.54) is 12.8 Å². The molecule has 17 heavy (non-hydrogen) atoms. The number of aryl methyl sites for hydroxylation is 1. The van der Waals surface area contributed by atoms with Gasteiger partial charge >= 0.3 is 0 Å². The van der Waals surface area contributed by atoms with E-state index in [9.17, 15) is 4.79 Å². The van der Waals surface area contributed by atoms with E-state index in [1.54, 1.807) is 10.9 Å². The van der Waals surface area contributed by atoms with Crippen LogP contribution < -0.4 is 5.32 Å². The van der Waals surface area contributed by atoms with Crippen LogP contribution in [0.4, 0.5) is 0 Å². The summed E-state index contributed by atoms with van der Waals surface area (Å²) in [5.74, 6) is 0.189. The normalized spacial score (nSPS) is 19.5. The maximum atomic E-state index is 11.9. The molecule has 1 aliphatic rings. The van der Waals surface area contributed by atoms with Crippen LogP contribution >= 0.6 is 0 Å². The van der Waals surface area contributed by atoms with Gasteiger partial charge in [-0.05, 0) is 25.5 Å². The van der Waals surface area contributed by atoms with Crippen molar-refractivity contribution < 1.29 is 4.79 Å². The molecular weight excluding hydrogens is 216 g/mol. The lowest BCUT2D eigenvalue weighted by atomic mass is 10.2. The van der Waals surface area contributed by atoms with Gasteiger partial charge in [0, 0.05) is 45.0 Å². The molecule has 2 rings (SSSR count). The number of nitrogens with zero attached hydrogens (tertiary/aromatic N) is 3. The highest BCUT2D eigenvalue weighted by molar-refractivity contribution is 5.75. The minimum absolute atomic E-state index is 0.189. The van der Waals surface area contributed by atoms with E-state index in [0.717, 1.165) is 13.1 Å². The van der Waals surface area contributed by atoms with E-state index in [-0.39, 0.29) is 5.91 Å². The lowest BCUT2D eigenvalue weighted by molar-refractivity contribution is -0.130. The third-order valence-electron chi connectivity index (χ3n) is 3.20. The standard InChI is InChI=1S/C12H20N4O/c1-15(10-11-4-2-6-13-11)12(17)5-9-16-8-3-7-14-16/h3,7-8,11,13H,2,4-6,9-10H2,1H3. The second-order valence-corrected chi connectivity index (χ2v) is 4.59. The summed E-state index contributed by atoms with van der Waals surface area (Å²) in [7, 11) is 1.88. The summed E-state index contributed by atoms with van der Waals surface area (Å²) in [5.41, 5.74) is 0. The van der Waals surface area contributed by atoms with Crippen LogP contribution in [0.2, 0.25) is 0 Å². The van der Waals surface area contributed by atoms with E-state index in [0.29, 0.717) is 19.0 Å². The molecular formula is C12H20N4O. The van der Waals surface area contributed by atoms with Gasteiger partial charge in [0.2, 0.25) is 5.91 Å². The Bertz CT molecular complexity index is 343. The second kappa shape index (κ2) is 5.82. The molecule has 0 saturated carbocycles. The number of amides is 1. The monoisotopic (exact) mass is 236 g/mol. The number of carbonyl (C=O) groups is 1. The first-order chi connectivity index (χ1) is 8.25. The minimum Gasteiger partial charge on any atom is -0.344 e. The van der Waals surface area contributed by atoms with Gasteiger partial charge in [-0.15, -0.1) is 0 Å². The lowest BCUT2D eigenvalue weighted by Crippen LogP contribution is -2.38. The number of hydrogen-bond donors (Lipinski definition) is 1. The maximum absolute atomic E-state index is 11.9. The fourth-order valence-electron chi connectivity index (χ4n) is 2.18.